The molecule has 0 aliphatic carbocycles. The molecule has 0 amide bonds. The minimum absolute atomic E-state index is 0.159. The van der Waals surface area contributed by atoms with Gasteiger partial charge in [-0.1, -0.05) is 34.1 Å². The van der Waals surface area contributed by atoms with Crippen molar-refractivity contribution in [3.05, 3.63) is 50.1 Å². The zero-order valence-corrected chi connectivity index (χ0v) is 13.5. The zero-order valence-electron chi connectivity index (χ0n) is 9.54. The highest BCUT2D eigenvalue weighted by Gasteiger charge is 2.19. The lowest BCUT2D eigenvalue weighted by atomic mass is 10.1. The molecule has 0 fully saturated rings. The van der Waals surface area contributed by atoms with E-state index < -0.39 is 0 Å². The number of ether oxygens (including phenoxy) is 1. The van der Waals surface area contributed by atoms with Gasteiger partial charge in [-0.25, -0.2) is 0 Å². The number of thiophene rings is 1. The van der Waals surface area contributed by atoms with E-state index in [0.717, 1.165) is 15.8 Å². The fourth-order valence-electron chi connectivity index (χ4n) is 1.69. The molecule has 17 heavy (non-hydrogen) atoms. The van der Waals surface area contributed by atoms with Crippen LogP contribution in [-0.4, -0.2) is 7.11 Å². The van der Waals surface area contributed by atoms with Crippen LogP contribution in [0.25, 0.3) is 0 Å². The monoisotopic (exact) mass is 374 g/mol. The second kappa shape index (κ2) is 5.55. The first-order chi connectivity index (χ1) is 8.13. The van der Waals surface area contributed by atoms with Crippen LogP contribution in [0.3, 0.4) is 0 Å². The van der Waals surface area contributed by atoms with Gasteiger partial charge >= 0.3 is 0 Å². The lowest BCUT2D eigenvalue weighted by Crippen LogP contribution is -1.95. The Morgan fingerprint density at radius 3 is 2.59 bits per heavy atom. The lowest BCUT2D eigenvalue weighted by molar-refractivity contribution is 0.410. The fraction of sp³-hybridized carbons (Fsp3) is 0.231. The standard InChI is InChI=1S/C13H12Br2OS/c1-8-7-10(14)13(17-8)12(15)9-5-3-4-6-11(9)16-2/h3-7,12H,1-2H3. The summed E-state index contributed by atoms with van der Waals surface area (Å²) in [5.74, 6) is 0.910. The fourth-order valence-corrected chi connectivity index (χ4v) is 4.78. The van der Waals surface area contributed by atoms with Gasteiger partial charge < -0.3 is 4.74 Å². The number of methoxy groups -OCH3 is 1. The highest BCUT2D eigenvalue weighted by atomic mass is 79.9. The molecule has 1 heterocycles. The SMILES string of the molecule is COc1ccccc1C(Br)c1sc(C)cc1Br. The Bertz CT molecular complexity index is 522. The van der Waals surface area contributed by atoms with Crippen LogP contribution < -0.4 is 4.74 Å². The summed E-state index contributed by atoms with van der Waals surface area (Å²) < 4.78 is 6.54. The summed E-state index contributed by atoms with van der Waals surface area (Å²) >= 11 is 9.14. The third-order valence-corrected chi connectivity index (χ3v) is 5.77. The van der Waals surface area contributed by atoms with Gasteiger partial charge in [0.25, 0.3) is 0 Å². The average Bonchev–Trinajstić information content (AvgIpc) is 2.67. The molecule has 90 valence electrons. The van der Waals surface area contributed by atoms with Gasteiger partial charge in [0.1, 0.15) is 5.75 Å². The Morgan fingerprint density at radius 1 is 1.29 bits per heavy atom. The molecule has 1 aromatic carbocycles. The summed E-state index contributed by atoms with van der Waals surface area (Å²) in [6, 6.07) is 10.2. The second-order valence-electron chi connectivity index (χ2n) is 3.67. The average molecular weight is 376 g/mol. The number of halogens is 2. The number of hydrogen-bond donors (Lipinski definition) is 0. The van der Waals surface area contributed by atoms with E-state index in [1.165, 1.54) is 9.75 Å². The quantitative estimate of drug-likeness (QED) is 0.660. The van der Waals surface area contributed by atoms with Gasteiger partial charge in [-0.2, -0.15) is 0 Å². The lowest BCUT2D eigenvalue weighted by Gasteiger charge is -2.13. The number of alkyl halides is 1. The van der Waals surface area contributed by atoms with E-state index in [2.05, 4.69) is 50.9 Å². The van der Waals surface area contributed by atoms with E-state index in [1.54, 1.807) is 18.4 Å². The molecule has 1 nitrogen and oxygen atoms in total. The number of benzene rings is 1. The van der Waals surface area contributed by atoms with Crippen molar-refractivity contribution in [3.8, 4) is 5.75 Å². The molecular weight excluding hydrogens is 364 g/mol. The van der Waals surface area contributed by atoms with Crippen LogP contribution in [0.5, 0.6) is 5.75 Å². The topological polar surface area (TPSA) is 9.23 Å². The largest absolute Gasteiger partial charge is 0.496 e. The summed E-state index contributed by atoms with van der Waals surface area (Å²) in [6.45, 7) is 2.11. The van der Waals surface area contributed by atoms with Crippen LogP contribution in [0, 0.1) is 6.92 Å². The van der Waals surface area contributed by atoms with Crippen LogP contribution in [0.1, 0.15) is 20.1 Å². The Kier molecular flexibility index (Phi) is 4.28. The van der Waals surface area contributed by atoms with Gasteiger partial charge in [-0.05, 0) is 35.0 Å². The predicted octanol–water partition coefficient (Wildman–Crippen LogP) is 5.31. The van der Waals surface area contributed by atoms with Gasteiger partial charge in [0.15, 0.2) is 0 Å². The van der Waals surface area contributed by atoms with Crippen LogP contribution >= 0.6 is 43.2 Å². The molecule has 2 rings (SSSR count). The highest BCUT2D eigenvalue weighted by molar-refractivity contribution is 9.11. The van der Waals surface area contributed by atoms with Gasteiger partial charge in [0, 0.05) is 19.8 Å². The molecule has 0 aliphatic rings. The number of aryl methyl sites for hydroxylation is 1. The summed E-state index contributed by atoms with van der Waals surface area (Å²) in [5, 5.41) is 0. The van der Waals surface area contributed by atoms with E-state index in [4.69, 9.17) is 4.74 Å². The van der Waals surface area contributed by atoms with E-state index in [0.29, 0.717) is 0 Å². The predicted molar refractivity (Wildman–Crippen MR) is 80.5 cm³/mol. The van der Waals surface area contributed by atoms with Crippen molar-refractivity contribution in [3.63, 3.8) is 0 Å². The molecule has 1 atom stereocenters. The molecule has 0 N–H and O–H groups in total. The maximum atomic E-state index is 5.39. The van der Waals surface area contributed by atoms with Crippen molar-refractivity contribution in [2.24, 2.45) is 0 Å². The van der Waals surface area contributed by atoms with Crippen molar-refractivity contribution in [1.29, 1.82) is 0 Å². The van der Waals surface area contributed by atoms with Gasteiger partial charge in [0.05, 0.1) is 11.9 Å². The minimum atomic E-state index is 0.159. The Balaban J connectivity index is 2.43. The van der Waals surface area contributed by atoms with E-state index in [1.807, 2.05) is 18.2 Å². The van der Waals surface area contributed by atoms with Crippen molar-refractivity contribution >= 4 is 43.2 Å². The van der Waals surface area contributed by atoms with Crippen LogP contribution in [0.2, 0.25) is 0 Å². The third-order valence-electron chi connectivity index (χ3n) is 2.48. The Hall–Kier alpha value is -0.320. The number of para-hydroxylation sites is 1. The van der Waals surface area contributed by atoms with Crippen LogP contribution in [-0.2, 0) is 0 Å². The molecule has 0 aliphatic heterocycles. The van der Waals surface area contributed by atoms with Crippen LogP contribution in [0.4, 0.5) is 0 Å². The van der Waals surface area contributed by atoms with E-state index >= 15 is 0 Å². The molecule has 0 bridgehead atoms. The summed E-state index contributed by atoms with van der Waals surface area (Å²) in [7, 11) is 1.70. The molecule has 2 aromatic rings. The molecule has 0 spiro atoms. The molecule has 1 unspecified atom stereocenters. The van der Waals surface area contributed by atoms with Gasteiger partial charge in [-0.3, -0.25) is 0 Å². The Labute approximate surface area is 122 Å². The molecule has 4 heteroatoms. The second-order valence-corrected chi connectivity index (χ2v) is 6.73. The van der Waals surface area contributed by atoms with Crippen molar-refractivity contribution < 1.29 is 4.74 Å². The van der Waals surface area contributed by atoms with E-state index in [-0.39, 0.29) is 4.83 Å². The molecule has 0 saturated heterocycles. The summed E-state index contributed by atoms with van der Waals surface area (Å²) in [6.07, 6.45) is 0. The minimum Gasteiger partial charge on any atom is -0.496 e. The molecular formula is C13H12Br2OS. The van der Waals surface area contributed by atoms with E-state index in [9.17, 15) is 0 Å². The van der Waals surface area contributed by atoms with Crippen LogP contribution in [0.15, 0.2) is 34.8 Å². The Morgan fingerprint density at radius 2 is 2.00 bits per heavy atom. The highest BCUT2D eigenvalue weighted by Crippen LogP contribution is 2.43. The molecule has 1 aromatic heterocycles. The van der Waals surface area contributed by atoms with Gasteiger partial charge in [0.2, 0.25) is 0 Å². The third kappa shape index (κ3) is 2.75. The maximum Gasteiger partial charge on any atom is 0.123 e. The van der Waals surface area contributed by atoms with Crippen molar-refractivity contribution in [1.82, 2.24) is 0 Å². The summed E-state index contributed by atoms with van der Waals surface area (Å²) in [4.78, 5) is 2.73. The number of hydrogen-bond acceptors (Lipinski definition) is 2. The van der Waals surface area contributed by atoms with Crippen molar-refractivity contribution in [2.75, 3.05) is 7.11 Å². The smallest absolute Gasteiger partial charge is 0.123 e. The zero-order chi connectivity index (χ0) is 12.4. The van der Waals surface area contributed by atoms with Gasteiger partial charge in [-0.15, -0.1) is 11.3 Å². The first-order valence-electron chi connectivity index (χ1n) is 5.16. The molecule has 0 saturated carbocycles. The first-order valence-corrected chi connectivity index (χ1v) is 7.69. The number of rotatable bonds is 3. The molecule has 0 radical (unpaired) electrons. The summed E-state index contributed by atoms with van der Waals surface area (Å²) in [5.41, 5.74) is 1.15. The van der Waals surface area contributed by atoms with Crippen molar-refractivity contribution in [2.45, 2.75) is 11.8 Å². The normalized spacial score (nSPS) is 12.5. The maximum absolute atomic E-state index is 5.39. The first kappa shape index (κ1) is 13.1.